The SMILES string of the molecule is CCCNC(CC)C1SCCSC1CC. The fraction of sp³-hybridized carbons (Fsp3) is 1.00. The largest absolute Gasteiger partial charge is 0.313 e. The fourth-order valence-electron chi connectivity index (χ4n) is 2.13. The third-order valence-corrected chi connectivity index (χ3v) is 6.39. The molecule has 1 aliphatic heterocycles. The van der Waals surface area contributed by atoms with E-state index in [0.717, 1.165) is 16.5 Å². The Morgan fingerprint density at radius 3 is 2.53 bits per heavy atom. The minimum absolute atomic E-state index is 0.729. The molecule has 0 radical (unpaired) electrons. The zero-order valence-electron chi connectivity index (χ0n) is 10.3. The minimum Gasteiger partial charge on any atom is -0.313 e. The van der Waals surface area contributed by atoms with Crippen molar-refractivity contribution in [2.75, 3.05) is 18.1 Å². The zero-order chi connectivity index (χ0) is 11.1. The lowest BCUT2D eigenvalue weighted by Crippen LogP contribution is -2.44. The van der Waals surface area contributed by atoms with E-state index in [1.54, 1.807) is 0 Å². The lowest BCUT2D eigenvalue weighted by molar-refractivity contribution is 0.468. The van der Waals surface area contributed by atoms with Gasteiger partial charge in [0.2, 0.25) is 0 Å². The van der Waals surface area contributed by atoms with Gasteiger partial charge in [0.1, 0.15) is 0 Å². The summed E-state index contributed by atoms with van der Waals surface area (Å²) in [4.78, 5) is 0. The normalized spacial score (nSPS) is 29.0. The Balaban J connectivity index is 2.47. The molecule has 0 saturated carbocycles. The standard InChI is InChI=1S/C12H25NS2/c1-4-7-13-10(5-2)12-11(6-3)14-8-9-15-12/h10-13H,4-9H2,1-3H3. The number of hydrogen-bond acceptors (Lipinski definition) is 3. The molecular formula is C12H25NS2. The summed E-state index contributed by atoms with van der Waals surface area (Å²) in [7, 11) is 0. The maximum Gasteiger partial charge on any atom is 0.0320 e. The van der Waals surface area contributed by atoms with Crippen LogP contribution in [0.2, 0.25) is 0 Å². The molecule has 0 aromatic carbocycles. The molecule has 15 heavy (non-hydrogen) atoms. The van der Waals surface area contributed by atoms with Crippen molar-refractivity contribution >= 4 is 23.5 Å². The minimum atomic E-state index is 0.729. The lowest BCUT2D eigenvalue weighted by Gasteiger charge is -2.36. The zero-order valence-corrected chi connectivity index (χ0v) is 11.9. The third kappa shape index (κ3) is 4.20. The van der Waals surface area contributed by atoms with Crippen LogP contribution in [0.3, 0.4) is 0 Å². The summed E-state index contributed by atoms with van der Waals surface area (Å²) in [6, 6.07) is 0.729. The van der Waals surface area contributed by atoms with E-state index in [9.17, 15) is 0 Å². The number of thioether (sulfide) groups is 2. The molecule has 3 unspecified atom stereocenters. The second-order valence-corrected chi connectivity index (χ2v) is 6.75. The molecule has 1 saturated heterocycles. The van der Waals surface area contributed by atoms with Crippen LogP contribution in [-0.2, 0) is 0 Å². The van der Waals surface area contributed by atoms with Gasteiger partial charge in [0.15, 0.2) is 0 Å². The lowest BCUT2D eigenvalue weighted by atomic mass is 10.1. The molecule has 0 spiro atoms. The van der Waals surface area contributed by atoms with E-state index in [1.807, 2.05) is 0 Å². The van der Waals surface area contributed by atoms with Crippen LogP contribution in [0.4, 0.5) is 0 Å². The van der Waals surface area contributed by atoms with Crippen molar-refractivity contribution in [2.45, 2.75) is 56.6 Å². The molecule has 0 aromatic heterocycles. The van der Waals surface area contributed by atoms with E-state index in [1.165, 1.54) is 37.3 Å². The monoisotopic (exact) mass is 247 g/mol. The second-order valence-electron chi connectivity index (χ2n) is 4.12. The first kappa shape index (κ1) is 13.7. The summed E-state index contributed by atoms with van der Waals surface area (Å²) < 4.78 is 0. The highest BCUT2D eigenvalue weighted by Gasteiger charge is 2.30. The first-order chi connectivity index (χ1) is 7.33. The fourth-order valence-corrected chi connectivity index (χ4v) is 5.49. The van der Waals surface area contributed by atoms with E-state index < -0.39 is 0 Å². The maximum absolute atomic E-state index is 3.72. The van der Waals surface area contributed by atoms with E-state index >= 15 is 0 Å². The Kier molecular flexibility index (Phi) is 7.19. The van der Waals surface area contributed by atoms with Crippen molar-refractivity contribution in [1.82, 2.24) is 5.32 Å². The summed E-state index contributed by atoms with van der Waals surface area (Å²) in [5, 5.41) is 5.43. The number of nitrogens with one attached hydrogen (secondary N) is 1. The highest BCUT2D eigenvalue weighted by Crippen LogP contribution is 2.35. The molecule has 1 rings (SSSR count). The van der Waals surface area contributed by atoms with Crippen molar-refractivity contribution < 1.29 is 0 Å². The average molecular weight is 247 g/mol. The van der Waals surface area contributed by atoms with Crippen LogP contribution in [0.25, 0.3) is 0 Å². The molecular weight excluding hydrogens is 222 g/mol. The van der Waals surface area contributed by atoms with Gasteiger partial charge in [-0.2, -0.15) is 23.5 Å². The quantitative estimate of drug-likeness (QED) is 0.773. The second kappa shape index (κ2) is 7.86. The molecule has 90 valence electrons. The summed E-state index contributed by atoms with van der Waals surface area (Å²) in [5.74, 6) is 2.69. The maximum atomic E-state index is 3.72. The molecule has 1 N–H and O–H groups in total. The van der Waals surface area contributed by atoms with Crippen LogP contribution in [0.5, 0.6) is 0 Å². The van der Waals surface area contributed by atoms with Crippen LogP contribution >= 0.6 is 23.5 Å². The molecule has 1 aliphatic rings. The van der Waals surface area contributed by atoms with Gasteiger partial charge in [0.05, 0.1) is 0 Å². The molecule has 1 heterocycles. The summed E-state index contributed by atoms with van der Waals surface area (Å²) in [6.45, 7) is 8.08. The van der Waals surface area contributed by atoms with Gasteiger partial charge < -0.3 is 5.32 Å². The Morgan fingerprint density at radius 1 is 1.20 bits per heavy atom. The highest BCUT2D eigenvalue weighted by molar-refractivity contribution is 8.07. The highest BCUT2D eigenvalue weighted by atomic mass is 32.2. The first-order valence-electron chi connectivity index (χ1n) is 6.30. The molecule has 0 bridgehead atoms. The molecule has 0 aromatic rings. The molecule has 3 atom stereocenters. The van der Waals surface area contributed by atoms with Gasteiger partial charge in [-0.3, -0.25) is 0 Å². The number of hydrogen-bond donors (Lipinski definition) is 1. The van der Waals surface area contributed by atoms with Gasteiger partial charge in [0, 0.05) is 28.0 Å². The van der Waals surface area contributed by atoms with Crippen LogP contribution < -0.4 is 5.32 Å². The molecule has 3 heteroatoms. The van der Waals surface area contributed by atoms with E-state index in [4.69, 9.17) is 0 Å². The van der Waals surface area contributed by atoms with E-state index in [-0.39, 0.29) is 0 Å². The van der Waals surface area contributed by atoms with E-state index in [2.05, 4.69) is 49.6 Å². The van der Waals surface area contributed by atoms with E-state index in [0.29, 0.717) is 0 Å². The summed E-state index contributed by atoms with van der Waals surface area (Å²) in [6.07, 6.45) is 3.85. The predicted octanol–water partition coefficient (Wildman–Crippen LogP) is 3.39. The summed E-state index contributed by atoms with van der Waals surface area (Å²) >= 11 is 4.38. The smallest absolute Gasteiger partial charge is 0.0320 e. The average Bonchev–Trinajstić information content (AvgIpc) is 2.30. The first-order valence-corrected chi connectivity index (χ1v) is 8.39. The Hall–Kier alpha value is 0.660. The van der Waals surface area contributed by atoms with Gasteiger partial charge >= 0.3 is 0 Å². The van der Waals surface area contributed by atoms with Gasteiger partial charge in [0.25, 0.3) is 0 Å². The van der Waals surface area contributed by atoms with Gasteiger partial charge in [-0.1, -0.05) is 20.8 Å². The molecule has 1 nitrogen and oxygen atoms in total. The van der Waals surface area contributed by atoms with Crippen LogP contribution in [0.15, 0.2) is 0 Å². The van der Waals surface area contributed by atoms with Crippen molar-refractivity contribution in [2.24, 2.45) is 0 Å². The summed E-state index contributed by atoms with van der Waals surface area (Å²) in [5.41, 5.74) is 0. The van der Waals surface area contributed by atoms with Gasteiger partial charge in [-0.15, -0.1) is 0 Å². The molecule has 1 fully saturated rings. The van der Waals surface area contributed by atoms with Crippen LogP contribution in [-0.4, -0.2) is 34.6 Å². The molecule has 0 aliphatic carbocycles. The molecule has 0 amide bonds. The third-order valence-electron chi connectivity index (χ3n) is 2.99. The Labute approximate surface area is 104 Å². The Morgan fingerprint density at radius 2 is 1.93 bits per heavy atom. The van der Waals surface area contributed by atoms with Crippen molar-refractivity contribution in [3.63, 3.8) is 0 Å². The van der Waals surface area contributed by atoms with Crippen molar-refractivity contribution in [3.05, 3.63) is 0 Å². The van der Waals surface area contributed by atoms with Crippen molar-refractivity contribution in [1.29, 1.82) is 0 Å². The Bertz CT molecular complexity index is 164. The predicted molar refractivity (Wildman–Crippen MR) is 75.2 cm³/mol. The van der Waals surface area contributed by atoms with Gasteiger partial charge in [-0.25, -0.2) is 0 Å². The van der Waals surface area contributed by atoms with Crippen LogP contribution in [0, 0.1) is 0 Å². The number of rotatable bonds is 6. The topological polar surface area (TPSA) is 12.0 Å². The van der Waals surface area contributed by atoms with Gasteiger partial charge in [-0.05, 0) is 25.8 Å². The van der Waals surface area contributed by atoms with Crippen LogP contribution in [0.1, 0.15) is 40.0 Å². The van der Waals surface area contributed by atoms with Crippen molar-refractivity contribution in [3.8, 4) is 0 Å².